The van der Waals surface area contributed by atoms with Crippen molar-refractivity contribution in [3.8, 4) is 11.3 Å². The summed E-state index contributed by atoms with van der Waals surface area (Å²) in [6.45, 7) is 1.25. The number of nitrogens with zero attached hydrogens (tertiary/aromatic N) is 1. The Bertz CT molecular complexity index is 1250. The van der Waals surface area contributed by atoms with E-state index in [-0.39, 0.29) is 23.6 Å². The van der Waals surface area contributed by atoms with Gasteiger partial charge in [0.15, 0.2) is 5.78 Å². The summed E-state index contributed by atoms with van der Waals surface area (Å²) in [6.07, 6.45) is 1.40. The Morgan fingerprint density at radius 3 is 2.65 bits per heavy atom. The van der Waals surface area contributed by atoms with Gasteiger partial charge in [-0.05, 0) is 37.3 Å². The Balaban J connectivity index is 1.55. The minimum Gasteiger partial charge on any atom is -0.457 e. The van der Waals surface area contributed by atoms with Gasteiger partial charge in [-0.25, -0.2) is 9.18 Å². The number of Topliss-reactive ketones (excluding diaryl/α,β-unsaturated/α-hetero) is 1. The molecule has 0 bridgehead atoms. The van der Waals surface area contributed by atoms with Crippen LogP contribution in [0.15, 0.2) is 64.7 Å². The lowest BCUT2D eigenvalue weighted by Gasteiger charge is -2.12. The SMILES string of the molecule is CC(=O)c1ccc(-c2ccc(/C=C3/NC(=O)N(Cc4ccccc4F)C3=O)o2)cc1Cl. The maximum atomic E-state index is 13.9. The lowest BCUT2D eigenvalue weighted by atomic mass is 10.1. The number of hydrogen-bond donors (Lipinski definition) is 1. The highest BCUT2D eigenvalue weighted by Crippen LogP contribution is 2.28. The lowest BCUT2D eigenvalue weighted by molar-refractivity contribution is -0.123. The molecule has 1 aliphatic rings. The van der Waals surface area contributed by atoms with Gasteiger partial charge in [-0.1, -0.05) is 35.9 Å². The third-order valence-corrected chi connectivity index (χ3v) is 5.11. The normalized spacial score (nSPS) is 14.9. The van der Waals surface area contributed by atoms with Gasteiger partial charge in [0.25, 0.3) is 5.91 Å². The van der Waals surface area contributed by atoms with Crippen LogP contribution in [0.1, 0.15) is 28.6 Å². The zero-order chi connectivity index (χ0) is 22.1. The molecular formula is C23H16ClFN2O4. The molecule has 3 amide bonds. The van der Waals surface area contributed by atoms with Crippen molar-refractivity contribution >= 4 is 35.4 Å². The Labute approximate surface area is 181 Å². The van der Waals surface area contributed by atoms with E-state index in [4.69, 9.17) is 16.0 Å². The minimum absolute atomic E-state index is 0.0206. The summed E-state index contributed by atoms with van der Waals surface area (Å²) in [5.74, 6) is -0.412. The van der Waals surface area contributed by atoms with E-state index >= 15 is 0 Å². The third kappa shape index (κ3) is 4.13. The number of nitrogens with one attached hydrogen (secondary N) is 1. The number of halogens is 2. The van der Waals surface area contributed by atoms with Crippen LogP contribution < -0.4 is 5.32 Å². The molecule has 8 heteroatoms. The van der Waals surface area contributed by atoms with Gasteiger partial charge in [0, 0.05) is 22.8 Å². The highest BCUT2D eigenvalue weighted by Gasteiger charge is 2.34. The van der Waals surface area contributed by atoms with E-state index in [9.17, 15) is 18.8 Å². The number of furan rings is 1. The van der Waals surface area contributed by atoms with Crippen molar-refractivity contribution in [1.29, 1.82) is 0 Å². The Kier molecular flexibility index (Phi) is 5.44. The quantitative estimate of drug-likeness (QED) is 0.344. The van der Waals surface area contributed by atoms with Crippen LogP contribution in [0, 0.1) is 5.82 Å². The summed E-state index contributed by atoms with van der Waals surface area (Å²) < 4.78 is 19.6. The number of hydrogen-bond acceptors (Lipinski definition) is 4. The maximum absolute atomic E-state index is 13.9. The molecular weight excluding hydrogens is 423 g/mol. The Hall–Kier alpha value is -3.71. The van der Waals surface area contributed by atoms with Gasteiger partial charge in [0.1, 0.15) is 23.0 Å². The van der Waals surface area contributed by atoms with Crippen molar-refractivity contribution in [2.24, 2.45) is 0 Å². The Morgan fingerprint density at radius 1 is 1.16 bits per heavy atom. The molecule has 0 radical (unpaired) electrons. The number of ketones is 1. The number of carbonyl (C=O) groups excluding carboxylic acids is 3. The summed E-state index contributed by atoms with van der Waals surface area (Å²) in [4.78, 5) is 37.3. The molecule has 1 aromatic heterocycles. The number of rotatable bonds is 5. The standard InChI is InChI=1S/C23H16ClFN2O4/c1-13(28)17-8-6-14(10-18(17)24)21-9-7-16(31-21)11-20-22(29)27(23(30)26-20)12-15-4-2-3-5-19(15)25/h2-11H,12H2,1H3,(H,26,30)/b20-11+. The van der Waals surface area contributed by atoms with Crippen LogP contribution in [0.3, 0.4) is 0 Å². The van der Waals surface area contributed by atoms with Crippen LogP contribution in [0.5, 0.6) is 0 Å². The van der Waals surface area contributed by atoms with Crippen LogP contribution >= 0.6 is 11.6 Å². The van der Waals surface area contributed by atoms with E-state index in [0.717, 1.165) is 4.90 Å². The first-order chi connectivity index (χ1) is 14.8. The molecule has 31 heavy (non-hydrogen) atoms. The largest absolute Gasteiger partial charge is 0.457 e. The second-order valence-electron chi connectivity index (χ2n) is 6.92. The maximum Gasteiger partial charge on any atom is 0.329 e. The molecule has 2 aromatic carbocycles. The van der Waals surface area contributed by atoms with Crippen molar-refractivity contribution < 1.29 is 23.2 Å². The van der Waals surface area contributed by atoms with Crippen molar-refractivity contribution in [1.82, 2.24) is 10.2 Å². The second kappa shape index (κ2) is 8.20. The van der Waals surface area contributed by atoms with Crippen molar-refractivity contribution in [2.45, 2.75) is 13.5 Å². The summed E-state index contributed by atoms with van der Waals surface area (Å²) in [5, 5.41) is 2.79. The molecule has 0 saturated carbocycles. The van der Waals surface area contributed by atoms with Crippen molar-refractivity contribution in [2.75, 3.05) is 0 Å². The molecule has 0 atom stereocenters. The van der Waals surface area contributed by atoms with Crippen molar-refractivity contribution in [3.05, 3.63) is 88.0 Å². The monoisotopic (exact) mass is 438 g/mol. The van der Waals surface area contributed by atoms with Crippen LogP contribution in [0.2, 0.25) is 5.02 Å². The fourth-order valence-electron chi connectivity index (χ4n) is 3.19. The fourth-order valence-corrected chi connectivity index (χ4v) is 3.51. The predicted octanol–water partition coefficient (Wildman–Crippen LogP) is 5.03. The molecule has 3 aromatic rings. The van der Waals surface area contributed by atoms with E-state index in [2.05, 4.69) is 5.32 Å². The van der Waals surface area contributed by atoms with E-state index in [1.54, 1.807) is 36.4 Å². The third-order valence-electron chi connectivity index (χ3n) is 4.79. The number of imide groups is 1. The second-order valence-corrected chi connectivity index (χ2v) is 7.33. The molecule has 6 nitrogen and oxygen atoms in total. The van der Waals surface area contributed by atoms with Gasteiger partial charge in [-0.15, -0.1) is 0 Å². The molecule has 0 spiro atoms. The van der Waals surface area contributed by atoms with Crippen LogP contribution in [-0.4, -0.2) is 22.6 Å². The summed E-state index contributed by atoms with van der Waals surface area (Å²) >= 11 is 6.15. The molecule has 156 valence electrons. The smallest absolute Gasteiger partial charge is 0.329 e. The molecule has 1 saturated heterocycles. The van der Waals surface area contributed by atoms with Gasteiger partial charge in [0.2, 0.25) is 0 Å². The highest BCUT2D eigenvalue weighted by atomic mass is 35.5. The zero-order valence-electron chi connectivity index (χ0n) is 16.3. The molecule has 0 unspecified atom stereocenters. The predicted molar refractivity (Wildman–Crippen MR) is 113 cm³/mol. The summed E-state index contributed by atoms with van der Waals surface area (Å²) in [6, 6.07) is 13.6. The average Bonchev–Trinajstić information content (AvgIpc) is 3.29. The first-order valence-electron chi connectivity index (χ1n) is 9.32. The van der Waals surface area contributed by atoms with Gasteiger partial charge in [-0.2, -0.15) is 0 Å². The van der Waals surface area contributed by atoms with Gasteiger partial charge < -0.3 is 9.73 Å². The minimum atomic E-state index is -0.641. The zero-order valence-corrected chi connectivity index (χ0v) is 17.1. The Morgan fingerprint density at radius 2 is 1.94 bits per heavy atom. The topological polar surface area (TPSA) is 79.6 Å². The fraction of sp³-hybridized carbons (Fsp3) is 0.0870. The molecule has 1 aliphatic heterocycles. The molecule has 0 aliphatic carbocycles. The molecule has 4 rings (SSSR count). The van der Waals surface area contributed by atoms with Gasteiger partial charge in [0.05, 0.1) is 11.6 Å². The lowest BCUT2D eigenvalue weighted by Crippen LogP contribution is -2.30. The number of amides is 3. The number of benzene rings is 2. The number of carbonyl (C=O) groups is 3. The summed E-state index contributed by atoms with van der Waals surface area (Å²) in [5.41, 5.74) is 1.32. The van der Waals surface area contributed by atoms with Crippen LogP contribution in [0.25, 0.3) is 17.4 Å². The van der Waals surface area contributed by atoms with E-state index in [1.807, 2.05) is 0 Å². The van der Waals surface area contributed by atoms with Crippen LogP contribution in [0.4, 0.5) is 9.18 Å². The van der Waals surface area contributed by atoms with Gasteiger partial charge in [-0.3, -0.25) is 14.5 Å². The number of urea groups is 1. The van der Waals surface area contributed by atoms with E-state index in [1.165, 1.54) is 31.2 Å². The van der Waals surface area contributed by atoms with Crippen LogP contribution in [-0.2, 0) is 11.3 Å². The average molecular weight is 439 g/mol. The highest BCUT2D eigenvalue weighted by molar-refractivity contribution is 6.34. The van der Waals surface area contributed by atoms with E-state index in [0.29, 0.717) is 27.7 Å². The van der Waals surface area contributed by atoms with Gasteiger partial charge >= 0.3 is 6.03 Å². The van der Waals surface area contributed by atoms with Crippen molar-refractivity contribution in [3.63, 3.8) is 0 Å². The molecule has 2 heterocycles. The van der Waals surface area contributed by atoms with E-state index < -0.39 is 17.8 Å². The first-order valence-corrected chi connectivity index (χ1v) is 9.70. The molecule has 1 fully saturated rings. The first kappa shape index (κ1) is 20.6. The summed E-state index contributed by atoms with van der Waals surface area (Å²) in [7, 11) is 0. The molecule has 1 N–H and O–H groups in total.